The number of rotatable bonds is 2. The zero-order valence-electron chi connectivity index (χ0n) is 8.04. The molecule has 0 spiro atoms. The Morgan fingerprint density at radius 2 is 2.08 bits per heavy atom. The molecule has 2 amide bonds. The molecule has 2 fully saturated rings. The molecule has 3 heteroatoms. The summed E-state index contributed by atoms with van der Waals surface area (Å²) in [4.78, 5) is 13.3. The third-order valence-electron chi connectivity index (χ3n) is 3.06. The summed E-state index contributed by atoms with van der Waals surface area (Å²) in [7, 11) is 0. The molecule has 0 aromatic carbocycles. The maximum absolute atomic E-state index is 11.3. The first-order chi connectivity index (χ1) is 6.36. The Kier molecular flexibility index (Phi) is 2.71. The van der Waals surface area contributed by atoms with Crippen LogP contribution in [0.15, 0.2) is 0 Å². The van der Waals surface area contributed by atoms with Crippen LogP contribution in [0, 0.1) is 5.92 Å². The molecule has 0 N–H and O–H groups in total. The van der Waals surface area contributed by atoms with Crippen molar-refractivity contribution in [3.8, 4) is 0 Å². The van der Waals surface area contributed by atoms with E-state index in [1.807, 2.05) is 4.90 Å². The van der Waals surface area contributed by atoms with Crippen molar-refractivity contribution in [1.29, 1.82) is 0 Å². The van der Waals surface area contributed by atoms with Gasteiger partial charge in [-0.3, -0.25) is 0 Å². The number of carbonyl (C=O) groups is 1. The van der Waals surface area contributed by atoms with Crippen LogP contribution in [0.25, 0.3) is 0 Å². The van der Waals surface area contributed by atoms with E-state index in [-0.39, 0.29) is 6.03 Å². The second-order valence-electron chi connectivity index (χ2n) is 4.11. The van der Waals surface area contributed by atoms with E-state index in [9.17, 15) is 4.79 Å². The predicted molar refractivity (Wildman–Crippen MR) is 50.5 cm³/mol. The monoisotopic (exact) mass is 181 g/mol. The maximum Gasteiger partial charge on any atom is 0.338 e. The standard InChI is InChI=1S/C10H17N2O/c13-10-11-6-3-7-12(10)8-9-4-1-2-5-9/h9H,1-8H2. The summed E-state index contributed by atoms with van der Waals surface area (Å²) >= 11 is 0. The lowest BCUT2D eigenvalue weighted by atomic mass is 10.1. The lowest BCUT2D eigenvalue weighted by Crippen LogP contribution is -2.44. The molecule has 3 nitrogen and oxygen atoms in total. The third-order valence-corrected chi connectivity index (χ3v) is 3.06. The number of urea groups is 1. The van der Waals surface area contributed by atoms with Crippen LogP contribution < -0.4 is 5.32 Å². The summed E-state index contributed by atoms with van der Waals surface area (Å²) in [5.41, 5.74) is 0. The largest absolute Gasteiger partial charge is 0.338 e. The Balaban J connectivity index is 1.81. The highest BCUT2D eigenvalue weighted by atomic mass is 16.2. The fraction of sp³-hybridized carbons (Fsp3) is 0.900. The van der Waals surface area contributed by atoms with Crippen molar-refractivity contribution in [3.63, 3.8) is 0 Å². The van der Waals surface area contributed by atoms with Crippen LogP contribution in [0.4, 0.5) is 4.79 Å². The van der Waals surface area contributed by atoms with Gasteiger partial charge in [0.05, 0.1) is 0 Å². The topological polar surface area (TPSA) is 34.4 Å². The van der Waals surface area contributed by atoms with Crippen LogP contribution in [-0.2, 0) is 0 Å². The van der Waals surface area contributed by atoms with Crippen LogP contribution in [0.3, 0.4) is 0 Å². The quantitative estimate of drug-likeness (QED) is 0.637. The number of amides is 2. The predicted octanol–water partition coefficient (Wildman–Crippen LogP) is 1.61. The number of carbonyl (C=O) groups excluding carboxylic acids is 1. The molecule has 1 heterocycles. The van der Waals surface area contributed by atoms with Crippen molar-refractivity contribution >= 4 is 6.03 Å². The second-order valence-corrected chi connectivity index (χ2v) is 4.11. The molecule has 13 heavy (non-hydrogen) atoms. The van der Waals surface area contributed by atoms with Crippen LogP contribution >= 0.6 is 0 Å². The molecule has 0 aromatic rings. The van der Waals surface area contributed by atoms with E-state index in [1.165, 1.54) is 25.7 Å². The molecule has 1 radical (unpaired) electrons. The van der Waals surface area contributed by atoms with Crippen molar-refractivity contribution in [2.75, 3.05) is 19.6 Å². The third kappa shape index (κ3) is 2.14. The average Bonchev–Trinajstić information content (AvgIpc) is 2.61. The Bertz CT molecular complexity index is 187. The summed E-state index contributed by atoms with van der Waals surface area (Å²) < 4.78 is 0. The van der Waals surface area contributed by atoms with Gasteiger partial charge in [-0.1, -0.05) is 12.8 Å². The Morgan fingerprint density at radius 1 is 1.31 bits per heavy atom. The van der Waals surface area contributed by atoms with Gasteiger partial charge >= 0.3 is 6.03 Å². The van der Waals surface area contributed by atoms with Crippen molar-refractivity contribution in [3.05, 3.63) is 0 Å². The molecule has 1 saturated carbocycles. The first-order valence-corrected chi connectivity index (χ1v) is 5.32. The molecule has 1 saturated heterocycles. The van der Waals surface area contributed by atoms with Gasteiger partial charge in [-0.25, -0.2) is 10.1 Å². The van der Waals surface area contributed by atoms with E-state index in [0.29, 0.717) is 0 Å². The van der Waals surface area contributed by atoms with Gasteiger partial charge in [0, 0.05) is 19.6 Å². The van der Waals surface area contributed by atoms with Crippen LogP contribution in [0.2, 0.25) is 0 Å². The molecule has 0 aromatic heterocycles. The average molecular weight is 181 g/mol. The van der Waals surface area contributed by atoms with E-state index in [1.54, 1.807) is 0 Å². The van der Waals surface area contributed by atoms with Crippen LogP contribution in [0.1, 0.15) is 32.1 Å². The molecule has 73 valence electrons. The molecule has 1 aliphatic carbocycles. The van der Waals surface area contributed by atoms with Gasteiger partial charge in [-0.05, 0) is 25.2 Å². The summed E-state index contributed by atoms with van der Waals surface area (Å²) in [5.74, 6) is 0.761. The Hall–Kier alpha value is -0.730. The van der Waals surface area contributed by atoms with Crippen LogP contribution in [-0.4, -0.2) is 30.6 Å². The van der Waals surface area contributed by atoms with Gasteiger partial charge in [-0.15, -0.1) is 0 Å². The van der Waals surface area contributed by atoms with Gasteiger partial charge in [0.25, 0.3) is 0 Å². The SMILES string of the molecule is O=C1[N]CCCN1CC1CCCC1. The van der Waals surface area contributed by atoms with Crippen molar-refractivity contribution < 1.29 is 4.79 Å². The Morgan fingerprint density at radius 3 is 2.77 bits per heavy atom. The lowest BCUT2D eigenvalue weighted by Gasteiger charge is -2.28. The molecule has 1 aliphatic heterocycles. The van der Waals surface area contributed by atoms with E-state index >= 15 is 0 Å². The molecular weight excluding hydrogens is 164 g/mol. The maximum atomic E-state index is 11.3. The fourth-order valence-electron chi connectivity index (χ4n) is 2.31. The molecule has 0 bridgehead atoms. The smallest absolute Gasteiger partial charge is 0.323 e. The second kappa shape index (κ2) is 3.99. The van der Waals surface area contributed by atoms with Gasteiger partial charge in [-0.2, -0.15) is 0 Å². The highest BCUT2D eigenvalue weighted by molar-refractivity contribution is 5.74. The summed E-state index contributed by atoms with van der Waals surface area (Å²) in [6.07, 6.45) is 6.37. The summed E-state index contributed by atoms with van der Waals surface area (Å²) in [6, 6.07) is 0.0261. The van der Waals surface area contributed by atoms with Gasteiger partial charge < -0.3 is 4.90 Å². The van der Waals surface area contributed by atoms with Gasteiger partial charge in [0.1, 0.15) is 0 Å². The minimum Gasteiger partial charge on any atom is -0.323 e. The van der Waals surface area contributed by atoms with Gasteiger partial charge in [0.15, 0.2) is 0 Å². The van der Waals surface area contributed by atoms with Crippen molar-refractivity contribution in [1.82, 2.24) is 10.2 Å². The zero-order valence-corrected chi connectivity index (χ0v) is 8.04. The number of hydrogen-bond acceptors (Lipinski definition) is 1. The number of hydrogen-bond donors (Lipinski definition) is 0. The van der Waals surface area contributed by atoms with E-state index in [0.717, 1.165) is 32.0 Å². The zero-order chi connectivity index (χ0) is 9.10. The van der Waals surface area contributed by atoms with Crippen LogP contribution in [0.5, 0.6) is 0 Å². The first kappa shape index (κ1) is 8.85. The Labute approximate surface area is 79.5 Å². The first-order valence-electron chi connectivity index (χ1n) is 5.32. The number of nitrogens with zero attached hydrogens (tertiary/aromatic N) is 2. The fourth-order valence-corrected chi connectivity index (χ4v) is 2.31. The summed E-state index contributed by atoms with van der Waals surface area (Å²) in [6.45, 7) is 2.63. The molecule has 2 rings (SSSR count). The lowest BCUT2D eigenvalue weighted by molar-refractivity contribution is 0.174. The van der Waals surface area contributed by atoms with E-state index < -0.39 is 0 Å². The summed E-state index contributed by atoms with van der Waals surface area (Å²) in [5, 5.41) is 3.94. The van der Waals surface area contributed by atoms with Crippen molar-refractivity contribution in [2.45, 2.75) is 32.1 Å². The molecular formula is C10H17N2O. The normalized spacial score (nSPS) is 24.9. The molecule has 0 atom stereocenters. The van der Waals surface area contributed by atoms with E-state index in [4.69, 9.17) is 0 Å². The highest BCUT2D eigenvalue weighted by Gasteiger charge is 2.24. The molecule has 2 aliphatic rings. The van der Waals surface area contributed by atoms with Gasteiger partial charge in [0.2, 0.25) is 0 Å². The highest BCUT2D eigenvalue weighted by Crippen LogP contribution is 2.25. The molecule has 0 unspecified atom stereocenters. The minimum absolute atomic E-state index is 0.0261. The van der Waals surface area contributed by atoms with Crippen molar-refractivity contribution in [2.24, 2.45) is 5.92 Å². The van der Waals surface area contributed by atoms with E-state index in [2.05, 4.69) is 5.32 Å². The minimum atomic E-state index is 0.0261.